The largest absolute Gasteiger partial charge is 0.497 e. The molecule has 122 valence electrons. The Balaban J connectivity index is 1.84. The Labute approximate surface area is 132 Å². The second-order valence-corrected chi connectivity index (χ2v) is 5.59. The van der Waals surface area contributed by atoms with E-state index in [0.29, 0.717) is 42.6 Å². The number of rotatable bonds is 2. The number of aromatic nitrogens is 1. The van der Waals surface area contributed by atoms with Gasteiger partial charge in [-0.15, -0.1) is 0 Å². The minimum Gasteiger partial charge on any atom is -0.497 e. The number of hydrogen-bond acceptors (Lipinski definition) is 4. The molecule has 1 aliphatic heterocycles. The first-order chi connectivity index (χ1) is 11.1. The van der Waals surface area contributed by atoms with Gasteiger partial charge in [-0.3, -0.25) is 4.79 Å². The maximum Gasteiger partial charge on any atom is 0.321 e. The van der Waals surface area contributed by atoms with Crippen molar-refractivity contribution in [1.82, 2.24) is 9.88 Å². The highest BCUT2D eigenvalue weighted by Gasteiger charge is 2.22. The lowest BCUT2D eigenvalue weighted by atomic mass is 10.1. The number of aliphatic hydroxyl groups excluding tert-OH is 1. The smallest absolute Gasteiger partial charge is 0.321 e. The van der Waals surface area contributed by atoms with E-state index in [1.807, 2.05) is 0 Å². The Morgan fingerprint density at radius 3 is 2.83 bits per heavy atom. The van der Waals surface area contributed by atoms with E-state index in [-0.39, 0.29) is 23.3 Å². The number of nitrogens with one attached hydrogen (secondary N) is 2. The van der Waals surface area contributed by atoms with Crippen molar-refractivity contribution in [2.45, 2.75) is 18.9 Å². The van der Waals surface area contributed by atoms with Gasteiger partial charge in [0.25, 0.3) is 0 Å². The highest BCUT2D eigenvalue weighted by molar-refractivity contribution is 5.92. The van der Waals surface area contributed by atoms with E-state index >= 15 is 0 Å². The monoisotopic (exact) mass is 317 g/mol. The first kappa shape index (κ1) is 15.4. The Morgan fingerprint density at radius 2 is 2.13 bits per heavy atom. The number of hydrogen-bond donors (Lipinski definition) is 3. The van der Waals surface area contributed by atoms with Crippen molar-refractivity contribution >= 4 is 22.6 Å². The number of amides is 2. The fraction of sp³-hybridized carbons (Fsp3) is 0.375. The topological polar surface area (TPSA) is 94.7 Å². The molecule has 0 aliphatic carbocycles. The van der Waals surface area contributed by atoms with E-state index in [1.54, 1.807) is 23.1 Å². The third kappa shape index (κ3) is 3.14. The van der Waals surface area contributed by atoms with Gasteiger partial charge in [0.15, 0.2) is 0 Å². The number of ether oxygens (including phenoxy) is 1. The van der Waals surface area contributed by atoms with E-state index in [2.05, 4.69) is 10.3 Å². The minimum atomic E-state index is -0.351. The number of nitrogens with zero attached hydrogens (tertiary/aromatic N) is 1. The summed E-state index contributed by atoms with van der Waals surface area (Å²) < 4.78 is 5.13. The average Bonchev–Trinajstić information content (AvgIpc) is 2.57. The number of carbonyl (C=O) groups is 1. The zero-order valence-electron chi connectivity index (χ0n) is 12.8. The molecule has 2 amide bonds. The predicted molar refractivity (Wildman–Crippen MR) is 87.0 cm³/mol. The molecule has 7 nitrogen and oxygen atoms in total. The van der Waals surface area contributed by atoms with Crippen LogP contribution in [0.5, 0.6) is 5.75 Å². The lowest BCUT2D eigenvalue weighted by molar-refractivity contribution is 0.0972. The van der Waals surface area contributed by atoms with Crippen LogP contribution >= 0.6 is 0 Å². The predicted octanol–water partition coefficient (Wildman–Crippen LogP) is 1.53. The van der Waals surface area contributed by atoms with E-state index < -0.39 is 0 Å². The summed E-state index contributed by atoms with van der Waals surface area (Å²) in [5, 5.41) is 12.6. The number of pyridine rings is 1. The second-order valence-electron chi connectivity index (χ2n) is 5.59. The number of aromatic amines is 1. The summed E-state index contributed by atoms with van der Waals surface area (Å²) in [4.78, 5) is 29.4. The van der Waals surface area contributed by atoms with Crippen molar-refractivity contribution in [2.24, 2.45) is 0 Å². The zero-order valence-corrected chi connectivity index (χ0v) is 12.8. The molecule has 7 heteroatoms. The fourth-order valence-corrected chi connectivity index (χ4v) is 2.68. The molecule has 0 saturated carbocycles. The third-order valence-corrected chi connectivity index (χ3v) is 4.08. The van der Waals surface area contributed by atoms with Crippen molar-refractivity contribution in [3.05, 3.63) is 34.6 Å². The van der Waals surface area contributed by atoms with Crippen LogP contribution < -0.4 is 15.5 Å². The molecule has 0 bridgehead atoms. The molecule has 23 heavy (non-hydrogen) atoms. The molecular formula is C16H19N3O4. The van der Waals surface area contributed by atoms with Crippen LogP contribution in [0.4, 0.5) is 10.5 Å². The van der Waals surface area contributed by atoms with Gasteiger partial charge >= 0.3 is 6.03 Å². The van der Waals surface area contributed by atoms with Crippen LogP contribution in [-0.2, 0) is 0 Å². The number of aliphatic hydroxyl groups is 1. The third-order valence-electron chi connectivity index (χ3n) is 4.08. The van der Waals surface area contributed by atoms with Crippen LogP contribution in [0.25, 0.3) is 10.9 Å². The molecular weight excluding hydrogens is 298 g/mol. The minimum absolute atomic E-state index is 0.196. The summed E-state index contributed by atoms with van der Waals surface area (Å²) in [5.41, 5.74) is 0.611. The fourth-order valence-electron chi connectivity index (χ4n) is 2.68. The van der Waals surface area contributed by atoms with Crippen LogP contribution in [-0.4, -0.2) is 47.3 Å². The molecule has 2 aromatic rings. The highest BCUT2D eigenvalue weighted by Crippen LogP contribution is 2.18. The molecule has 1 aromatic carbocycles. The maximum absolute atomic E-state index is 12.5. The molecule has 0 unspecified atom stereocenters. The SMILES string of the molecule is COc1ccc2[nH]cc(NC(=O)N3CCC(O)CC3)c(=O)c2c1. The summed E-state index contributed by atoms with van der Waals surface area (Å²) in [6.45, 7) is 0.957. The number of methoxy groups -OCH3 is 1. The second kappa shape index (κ2) is 6.29. The van der Waals surface area contributed by atoms with Crippen LogP contribution in [0.3, 0.4) is 0 Å². The van der Waals surface area contributed by atoms with Crippen molar-refractivity contribution in [2.75, 3.05) is 25.5 Å². The van der Waals surface area contributed by atoms with Gasteiger partial charge in [-0.2, -0.15) is 0 Å². The van der Waals surface area contributed by atoms with Crippen molar-refractivity contribution in [3.8, 4) is 5.75 Å². The standard InChI is InChI=1S/C16H19N3O4/c1-23-11-2-3-13-12(8-11)15(21)14(9-17-13)18-16(22)19-6-4-10(20)5-7-19/h2-3,8-10,20H,4-7H2,1H3,(H,17,21)(H,18,22). The molecule has 3 N–H and O–H groups in total. The highest BCUT2D eigenvalue weighted by atomic mass is 16.5. The number of benzene rings is 1. The lowest BCUT2D eigenvalue weighted by Crippen LogP contribution is -2.42. The number of piperidine rings is 1. The van der Waals surface area contributed by atoms with Crippen molar-refractivity contribution < 1.29 is 14.6 Å². The van der Waals surface area contributed by atoms with Crippen LogP contribution in [0.2, 0.25) is 0 Å². The Kier molecular flexibility index (Phi) is 4.20. The van der Waals surface area contributed by atoms with Crippen molar-refractivity contribution in [1.29, 1.82) is 0 Å². The van der Waals surface area contributed by atoms with Gasteiger partial charge in [0.2, 0.25) is 5.43 Å². The summed E-state index contributed by atoms with van der Waals surface area (Å²) >= 11 is 0. The van der Waals surface area contributed by atoms with Crippen LogP contribution in [0, 0.1) is 0 Å². The first-order valence-corrected chi connectivity index (χ1v) is 7.52. The Bertz CT molecular complexity index is 778. The van der Waals surface area contributed by atoms with Gasteiger partial charge in [-0.1, -0.05) is 0 Å². The quantitative estimate of drug-likeness (QED) is 0.783. The van der Waals surface area contributed by atoms with Gasteiger partial charge in [-0.25, -0.2) is 4.79 Å². The van der Waals surface area contributed by atoms with E-state index in [4.69, 9.17) is 4.74 Å². The molecule has 2 heterocycles. The molecule has 0 radical (unpaired) electrons. The first-order valence-electron chi connectivity index (χ1n) is 7.52. The van der Waals surface area contributed by atoms with Gasteiger partial charge in [0.1, 0.15) is 11.4 Å². The number of likely N-dealkylation sites (tertiary alicyclic amines) is 1. The Hall–Kier alpha value is -2.54. The number of fused-ring (bicyclic) bond motifs is 1. The van der Waals surface area contributed by atoms with Crippen molar-refractivity contribution in [3.63, 3.8) is 0 Å². The normalized spacial score (nSPS) is 15.7. The number of urea groups is 1. The van der Waals surface area contributed by atoms with E-state index in [1.165, 1.54) is 13.3 Å². The van der Waals surface area contributed by atoms with E-state index in [9.17, 15) is 14.7 Å². The molecule has 1 aromatic heterocycles. The van der Waals surface area contributed by atoms with Gasteiger partial charge in [0.05, 0.1) is 18.6 Å². The van der Waals surface area contributed by atoms with Gasteiger partial charge in [0, 0.05) is 24.8 Å². The van der Waals surface area contributed by atoms with E-state index in [0.717, 1.165) is 0 Å². The number of carbonyl (C=O) groups excluding carboxylic acids is 1. The average molecular weight is 317 g/mol. The van der Waals surface area contributed by atoms with Crippen LogP contribution in [0.1, 0.15) is 12.8 Å². The summed E-state index contributed by atoms with van der Waals surface area (Å²) in [5.74, 6) is 0.580. The summed E-state index contributed by atoms with van der Waals surface area (Å²) in [6.07, 6.45) is 2.25. The van der Waals surface area contributed by atoms with Gasteiger partial charge in [-0.05, 0) is 31.0 Å². The molecule has 1 saturated heterocycles. The summed E-state index contributed by atoms with van der Waals surface area (Å²) in [6, 6.07) is 4.83. The lowest BCUT2D eigenvalue weighted by Gasteiger charge is -2.29. The number of H-pyrrole nitrogens is 1. The molecule has 0 atom stereocenters. The van der Waals surface area contributed by atoms with Crippen LogP contribution in [0.15, 0.2) is 29.2 Å². The molecule has 1 aliphatic rings. The Morgan fingerprint density at radius 1 is 1.39 bits per heavy atom. The number of anilines is 1. The maximum atomic E-state index is 12.5. The molecule has 3 rings (SSSR count). The summed E-state index contributed by atoms with van der Waals surface area (Å²) in [7, 11) is 1.53. The van der Waals surface area contributed by atoms with Gasteiger partial charge < -0.3 is 25.0 Å². The zero-order chi connectivity index (χ0) is 16.4. The molecule has 0 spiro atoms. The molecule has 1 fully saturated rings.